The highest BCUT2D eigenvalue weighted by Crippen LogP contribution is 2.21. The highest BCUT2D eigenvalue weighted by Gasteiger charge is 2.22. The van der Waals surface area contributed by atoms with Crippen LogP contribution in [0, 0.1) is 0 Å². The van der Waals surface area contributed by atoms with Crippen molar-refractivity contribution >= 4 is 0 Å². The molecule has 118 valence electrons. The van der Waals surface area contributed by atoms with Gasteiger partial charge in [-0.2, -0.15) is 0 Å². The van der Waals surface area contributed by atoms with E-state index in [2.05, 4.69) is 55.3 Å². The second-order valence-corrected chi connectivity index (χ2v) is 6.23. The van der Waals surface area contributed by atoms with Gasteiger partial charge in [0.05, 0.1) is 0 Å². The molecule has 1 fully saturated rings. The van der Waals surface area contributed by atoms with Crippen molar-refractivity contribution < 1.29 is 4.74 Å². The van der Waals surface area contributed by atoms with Crippen LogP contribution in [0.1, 0.15) is 45.6 Å². The summed E-state index contributed by atoms with van der Waals surface area (Å²) in [6.07, 6.45) is 3.95. The number of nitrogens with zero attached hydrogens (tertiary/aromatic N) is 1. The number of rotatable bonds is 8. The SMILES string of the molecule is CCC1CCCN1CCOc1ccccc1CNC(C)C. The van der Waals surface area contributed by atoms with E-state index in [9.17, 15) is 0 Å². The summed E-state index contributed by atoms with van der Waals surface area (Å²) in [6, 6.07) is 9.63. The first-order chi connectivity index (χ1) is 10.2. The van der Waals surface area contributed by atoms with Gasteiger partial charge in [0.2, 0.25) is 0 Å². The molecule has 0 saturated carbocycles. The Balaban J connectivity index is 1.82. The number of likely N-dealkylation sites (tertiary alicyclic amines) is 1. The van der Waals surface area contributed by atoms with Crippen LogP contribution in [-0.4, -0.2) is 36.7 Å². The van der Waals surface area contributed by atoms with Crippen molar-refractivity contribution in [3.05, 3.63) is 29.8 Å². The van der Waals surface area contributed by atoms with Crippen molar-refractivity contribution in [3.8, 4) is 5.75 Å². The fourth-order valence-electron chi connectivity index (χ4n) is 3.03. The van der Waals surface area contributed by atoms with Crippen LogP contribution in [0.25, 0.3) is 0 Å². The quantitative estimate of drug-likeness (QED) is 0.794. The molecule has 1 aromatic carbocycles. The number of ether oxygens (including phenoxy) is 1. The minimum Gasteiger partial charge on any atom is -0.492 e. The van der Waals surface area contributed by atoms with Gasteiger partial charge < -0.3 is 10.1 Å². The van der Waals surface area contributed by atoms with Gasteiger partial charge in [-0.05, 0) is 31.9 Å². The number of para-hydroxylation sites is 1. The molecule has 2 rings (SSSR count). The second-order valence-electron chi connectivity index (χ2n) is 6.23. The van der Waals surface area contributed by atoms with Crippen molar-refractivity contribution in [2.45, 2.75) is 58.7 Å². The minimum absolute atomic E-state index is 0.493. The molecular formula is C18H30N2O. The van der Waals surface area contributed by atoms with Gasteiger partial charge in [-0.15, -0.1) is 0 Å². The molecule has 0 bridgehead atoms. The van der Waals surface area contributed by atoms with Crippen LogP contribution in [-0.2, 0) is 6.54 Å². The first-order valence-corrected chi connectivity index (χ1v) is 8.38. The highest BCUT2D eigenvalue weighted by molar-refractivity contribution is 5.33. The van der Waals surface area contributed by atoms with Gasteiger partial charge in [0.25, 0.3) is 0 Å². The molecule has 1 aliphatic heterocycles. The summed E-state index contributed by atoms with van der Waals surface area (Å²) in [7, 11) is 0. The van der Waals surface area contributed by atoms with Gasteiger partial charge in [-0.3, -0.25) is 4.90 Å². The summed E-state index contributed by atoms with van der Waals surface area (Å²) in [4.78, 5) is 2.58. The van der Waals surface area contributed by atoms with Crippen LogP contribution < -0.4 is 10.1 Å². The smallest absolute Gasteiger partial charge is 0.123 e. The van der Waals surface area contributed by atoms with E-state index in [1.54, 1.807) is 0 Å². The Morgan fingerprint density at radius 3 is 2.90 bits per heavy atom. The summed E-state index contributed by atoms with van der Waals surface area (Å²) in [5, 5.41) is 3.46. The van der Waals surface area contributed by atoms with Crippen molar-refractivity contribution in [1.82, 2.24) is 10.2 Å². The molecule has 0 amide bonds. The lowest BCUT2D eigenvalue weighted by atomic mass is 10.2. The van der Waals surface area contributed by atoms with Crippen LogP contribution in [0.3, 0.4) is 0 Å². The van der Waals surface area contributed by atoms with E-state index in [1.165, 1.54) is 31.4 Å². The van der Waals surface area contributed by atoms with Crippen LogP contribution in [0.4, 0.5) is 0 Å². The molecule has 1 saturated heterocycles. The second kappa shape index (κ2) is 8.40. The zero-order valence-corrected chi connectivity index (χ0v) is 13.8. The lowest BCUT2D eigenvalue weighted by Crippen LogP contribution is -2.32. The van der Waals surface area contributed by atoms with Crippen LogP contribution in [0.2, 0.25) is 0 Å². The molecule has 1 unspecified atom stereocenters. The molecule has 0 aromatic heterocycles. The monoisotopic (exact) mass is 290 g/mol. The summed E-state index contributed by atoms with van der Waals surface area (Å²) in [5.41, 5.74) is 1.25. The highest BCUT2D eigenvalue weighted by atomic mass is 16.5. The van der Waals surface area contributed by atoms with Gasteiger partial charge in [0.1, 0.15) is 12.4 Å². The van der Waals surface area contributed by atoms with E-state index >= 15 is 0 Å². The lowest BCUT2D eigenvalue weighted by molar-refractivity contribution is 0.193. The Bertz CT molecular complexity index is 419. The van der Waals surface area contributed by atoms with Gasteiger partial charge in [0.15, 0.2) is 0 Å². The van der Waals surface area contributed by atoms with E-state index in [-0.39, 0.29) is 0 Å². The minimum atomic E-state index is 0.493. The number of benzene rings is 1. The molecule has 1 N–H and O–H groups in total. The van der Waals surface area contributed by atoms with Crippen molar-refractivity contribution in [1.29, 1.82) is 0 Å². The molecule has 3 nitrogen and oxygen atoms in total. The molecule has 3 heteroatoms. The first-order valence-electron chi connectivity index (χ1n) is 8.38. The van der Waals surface area contributed by atoms with Crippen molar-refractivity contribution in [3.63, 3.8) is 0 Å². The van der Waals surface area contributed by atoms with Gasteiger partial charge >= 0.3 is 0 Å². The van der Waals surface area contributed by atoms with E-state index in [0.29, 0.717) is 6.04 Å². The molecule has 1 atom stereocenters. The largest absolute Gasteiger partial charge is 0.492 e. The van der Waals surface area contributed by atoms with Crippen LogP contribution in [0.15, 0.2) is 24.3 Å². The summed E-state index contributed by atoms with van der Waals surface area (Å²) in [5.74, 6) is 1.03. The Morgan fingerprint density at radius 1 is 1.33 bits per heavy atom. The average molecular weight is 290 g/mol. The fraction of sp³-hybridized carbons (Fsp3) is 0.667. The van der Waals surface area contributed by atoms with Crippen LogP contribution in [0.5, 0.6) is 5.75 Å². The molecule has 1 aromatic rings. The third-order valence-corrected chi connectivity index (χ3v) is 4.28. The molecule has 1 aliphatic rings. The van der Waals surface area contributed by atoms with Gasteiger partial charge in [-0.25, -0.2) is 0 Å². The Morgan fingerprint density at radius 2 is 2.14 bits per heavy atom. The number of hydrogen-bond donors (Lipinski definition) is 1. The summed E-state index contributed by atoms with van der Waals surface area (Å²) in [6.45, 7) is 10.6. The van der Waals surface area contributed by atoms with E-state index in [4.69, 9.17) is 4.74 Å². The molecule has 1 heterocycles. The third kappa shape index (κ3) is 5.01. The van der Waals surface area contributed by atoms with Gasteiger partial charge in [-0.1, -0.05) is 39.0 Å². The lowest BCUT2D eigenvalue weighted by Gasteiger charge is -2.23. The molecule has 0 radical (unpaired) electrons. The Kier molecular flexibility index (Phi) is 6.52. The topological polar surface area (TPSA) is 24.5 Å². The number of hydrogen-bond acceptors (Lipinski definition) is 3. The maximum absolute atomic E-state index is 6.04. The average Bonchev–Trinajstić information content (AvgIpc) is 2.93. The third-order valence-electron chi connectivity index (χ3n) is 4.28. The Hall–Kier alpha value is -1.06. The van der Waals surface area contributed by atoms with Gasteiger partial charge in [0, 0.05) is 30.7 Å². The normalized spacial score (nSPS) is 19.3. The molecular weight excluding hydrogens is 260 g/mol. The predicted octanol–water partition coefficient (Wildman–Crippen LogP) is 3.44. The van der Waals surface area contributed by atoms with Crippen molar-refractivity contribution in [2.24, 2.45) is 0 Å². The van der Waals surface area contributed by atoms with Crippen molar-refractivity contribution in [2.75, 3.05) is 19.7 Å². The summed E-state index contributed by atoms with van der Waals surface area (Å²) < 4.78 is 6.04. The zero-order valence-electron chi connectivity index (χ0n) is 13.8. The fourth-order valence-corrected chi connectivity index (χ4v) is 3.03. The molecule has 21 heavy (non-hydrogen) atoms. The first kappa shape index (κ1) is 16.3. The Labute approximate surface area is 129 Å². The van der Waals surface area contributed by atoms with E-state index in [0.717, 1.165) is 31.5 Å². The predicted molar refractivity (Wildman–Crippen MR) is 88.8 cm³/mol. The molecule has 0 aliphatic carbocycles. The standard InChI is InChI=1S/C18H30N2O/c1-4-17-9-7-11-20(17)12-13-21-18-10-6-5-8-16(18)14-19-15(2)3/h5-6,8,10,15,17,19H,4,7,9,11-14H2,1-3H3. The number of nitrogens with one attached hydrogen (secondary N) is 1. The zero-order chi connectivity index (χ0) is 15.1. The summed E-state index contributed by atoms with van der Waals surface area (Å²) >= 11 is 0. The maximum atomic E-state index is 6.04. The van der Waals surface area contributed by atoms with Crippen LogP contribution >= 0.6 is 0 Å². The van der Waals surface area contributed by atoms with E-state index in [1.807, 2.05) is 0 Å². The van der Waals surface area contributed by atoms with E-state index < -0.39 is 0 Å². The molecule has 0 spiro atoms. The maximum Gasteiger partial charge on any atom is 0.123 e.